The molecule has 0 atom stereocenters. The van der Waals surface area contributed by atoms with Crippen molar-refractivity contribution >= 4 is 10.8 Å². The number of rotatable bonds is 1. The maximum absolute atomic E-state index is 11.7. The van der Waals surface area contributed by atoms with Crippen LogP contribution >= 0.6 is 0 Å². The van der Waals surface area contributed by atoms with E-state index >= 15 is 0 Å². The van der Waals surface area contributed by atoms with Crippen molar-refractivity contribution in [2.24, 2.45) is 0 Å². The molecule has 1 aromatic heterocycles. The molecule has 0 amide bonds. The van der Waals surface area contributed by atoms with Crippen LogP contribution in [0.1, 0.15) is 0 Å². The van der Waals surface area contributed by atoms with Gasteiger partial charge < -0.3 is 4.98 Å². The molecular formula is C15H11NO. The SMILES string of the molecule is O=c1[nH]ccc2ccc(-c3ccccc3)cc12. The molecule has 0 aliphatic heterocycles. The van der Waals surface area contributed by atoms with Gasteiger partial charge in [-0.1, -0.05) is 42.5 Å². The zero-order valence-electron chi connectivity index (χ0n) is 9.18. The third-order valence-electron chi connectivity index (χ3n) is 2.88. The van der Waals surface area contributed by atoms with E-state index in [2.05, 4.69) is 4.98 Å². The molecule has 1 heterocycles. The van der Waals surface area contributed by atoms with Gasteiger partial charge in [0.25, 0.3) is 5.56 Å². The van der Waals surface area contributed by atoms with E-state index < -0.39 is 0 Å². The standard InChI is InChI=1S/C15H11NO/c17-15-14-10-13(11-4-2-1-3-5-11)7-6-12(14)8-9-16-15/h1-10H,(H,16,17). The van der Waals surface area contributed by atoms with Crippen LogP contribution in [0.2, 0.25) is 0 Å². The van der Waals surface area contributed by atoms with Crippen LogP contribution in [-0.2, 0) is 0 Å². The lowest BCUT2D eigenvalue weighted by molar-refractivity contribution is 1.28. The van der Waals surface area contributed by atoms with Crippen molar-refractivity contribution in [3.05, 3.63) is 71.1 Å². The van der Waals surface area contributed by atoms with E-state index in [1.807, 2.05) is 54.6 Å². The first-order valence-electron chi connectivity index (χ1n) is 5.51. The molecule has 82 valence electrons. The first-order chi connectivity index (χ1) is 8.34. The van der Waals surface area contributed by atoms with Crippen LogP contribution in [0, 0.1) is 0 Å². The Morgan fingerprint density at radius 3 is 2.47 bits per heavy atom. The smallest absolute Gasteiger partial charge is 0.255 e. The average Bonchev–Trinajstić information content (AvgIpc) is 2.40. The second-order valence-corrected chi connectivity index (χ2v) is 3.97. The number of pyridine rings is 1. The van der Waals surface area contributed by atoms with Crippen molar-refractivity contribution in [3.8, 4) is 11.1 Å². The van der Waals surface area contributed by atoms with E-state index in [-0.39, 0.29) is 5.56 Å². The lowest BCUT2D eigenvalue weighted by Gasteiger charge is -2.03. The third kappa shape index (κ3) is 1.74. The summed E-state index contributed by atoms with van der Waals surface area (Å²) < 4.78 is 0. The van der Waals surface area contributed by atoms with E-state index in [1.54, 1.807) is 6.20 Å². The predicted octanol–water partition coefficient (Wildman–Crippen LogP) is 3.20. The van der Waals surface area contributed by atoms with Crippen molar-refractivity contribution in [2.45, 2.75) is 0 Å². The Balaban J connectivity index is 2.27. The van der Waals surface area contributed by atoms with E-state index in [0.29, 0.717) is 0 Å². The summed E-state index contributed by atoms with van der Waals surface area (Å²) in [6.07, 6.45) is 1.67. The highest BCUT2D eigenvalue weighted by Gasteiger charge is 2.01. The van der Waals surface area contributed by atoms with Crippen LogP contribution in [0.5, 0.6) is 0 Å². The summed E-state index contributed by atoms with van der Waals surface area (Å²) in [5.74, 6) is 0. The summed E-state index contributed by atoms with van der Waals surface area (Å²) in [5.41, 5.74) is 2.15. The number of H-pyrrole nitrogens is 1. The number of aromatic nitrogens is 1. The zero-order chi connectivity index (χ0) is 11.7. The molecule has 2 aromatic carbocycles. The molecule has 0 spiro atoms. The number of fused-ring (bicyclic) bond motifs is 1. The van der Waals surface area contributed by atoms with E-state index in [9.17, 15) is 4.79 Å². The molecule has 17 heavy (non-hydrogen) atoms. The number of hydrogen-bond acceptors (Lipinski definition) is 1. The van der Waals surface area contributed by atoms with Crippen molar-refractivity contribution in [1.29, 1.82) is 0 Å². The molecule has 0 bridgehead atoms. The monoisotopic (exact) mass is 221 g/mol. The van der Waals surface area contributed by atoms with Crippen molar-refractivity contribution in [3.63, 3.8) is 0 Å². The minimum absolute atomic E-state index is 0.0414. The average molecular weight is 221 g/mol. The summed E-state index contributed by atoms with van der Waals surface area (Å²) >= 11 is 0. The van der Waals surface area contributed by atoms with Crippen LogP contribution in [0.25, 0.3) is 21.9 Å². The van der Waals surface area contributed by atoms with Gasteiger partial charge in [0.15, 0.2) is 0 Å². The number of nitrogens with one attached hydrogen (secondary N) is 1. The van der Waals surface area contributed by atoms with Gasteiger partial charge in [-0.25, -0.2) is 0 Å². The lowest BCUT2D eigenvalue weighted by atomic mass is 10.0. The Hall–Kier alpha value is -2.35. The van der Waals surface area contributed by atoms with Crippen molar-refractivity contribution in [2.75, 3.05) is 0 Å². The Morgan fingerprint density at radius 1 is 0.824 bits per heavy atom. The minimum Gasteiger partial charge on any atom is -0.329 e. The second-order valence-electron chi connectivity index (χ2n) is 3.97. The molecule has 3 rings (SSSR count). The van der Waals surface area contributed by atoms with Gasteiger partial charge in [-0.15, -0.1) is 0 Å². The lowest BCUT2D eigenvalue weighted by Crippen LogP contribution is -2.04. The molecule has 2 heteroatoms. The second kappa shape index (κ2) is 3.91. The fourth-order valence-corrected chi connectivity index (χ4v) is 1.99. The van der Waals surface area contributed by atoms with E-state index in [1.165, 1.54) is 0 Å². The summed E-state index contributed by atoms with van der Waals surface area (Å²) in [6.45, 7) is 0. The molecule has 1 N–H and O–H groups in total. The topological polar surface area (TPSA) is 32.9 Å². The molecule has 0 saturated carbocycles. The Bertz CT molecular complexity index is 714. The fourth-order valence-electron chi connectivity index (χ4n) is 1.99. The van der Waals surface area contributed by atoms with Crippen molar-refractivity contribution in [1.82, 2.24) is 4.98 Å². The first kappa shape index (κ1) is 9.85. The molecule has 0 unspecified atom stereocenters. The largest absolute Gasteiger partial charge is 0.329 e. The summed E-state index contributed by atoms with van der Waals surface area (Å²) in [5, 5.41) is 1.70. The van der Waals surface area contributed by atoms with Gasteiger partial charge in [0.2, 0.25) is 0 Å². The van der Waals surface area contributed by atoms with Gasteiger partial charge in [-0.05, 0) is 28.6 Å². The highest BCUT2D eigenvalue weighted by molar-refractivity contribution is 5.86. The molecule has 0 aliphatic carbocycles. The Labute approximate surface area is 98.6 Å². The molecule has 0 saturated heterocycles. The molecule has 2 nitrogen and oxygen atoms in total. The van der Waals surface area contributed by atoms with Gasteiger partial charge in [-0.2, -0.15) is 0 Å². The summed E-state index contributed by atoms with van der Waals surface area (Å²) in [6, 6.07) is 17.9. The zero-order valence-corrected chi connectivity index (χ0v) is 9.18. The third-order valence-corrected chi connectivity index (χ3v) is 2.88. The van der Waals surface area contributed by atoms with Crippen LogP contribution in [-0.4, -0.2) is 4.98 Å². The summed E-state index contributed by atoms with van der Waals surface area (Å²) in [4.78, 5) is 14.4. The quantitative estimate of drug-likeness (QED) is 0.672. The van der Waals surface area contributed by atoms with E-state index in [0.717, 1.165) is 21.9 Å². The minimum atomic E-state index is -0.0414. The Kier molecular flexibility index (Phi) is 2.26. The maximum Gasteiger partial charge on any atom is 0.255 e. The fraction of sp³-hybridized carbons (Fsp3) is 0. The first-order valence-corrected chi connectivity index (χ1v) is 5.51. The molecule has 0 aliphatic rings. The maximum atomic E-state index is 11.7. The molecular weight excluding hydrogens is 210 g/mol. The highest BCUT2D eigenvalue weighted by atomic mass is 16.1. The number of benzene rings is 2. The predicted molar refractivity (Wildman–Crippen MR) is 70.0 cm³/mol. The van der Waals surface area contributed by atoms with Gasteiger partial charge >= 0.3 is 0 Å². The number of hydrogen-bond donors (Lipinski definition) is 1. The van der Waals surface area contributed by atoms with E-state index in [4.69, 9.17) is 0 Å². The van der Waals surface area contributed by atoms with Crippen LogP contribution in [0.4, 0.5) is 0 Å². The Morgan fingerprint density at radius 2 is 1.65 bits per heavy atom. The van der Waals surface area contributed by atoms with Crippen molar-refractivity contribution < 1.29 is 0 Å². The molecule has 0 fully saturated rings. The van der Waals surface area contributed by atoms with Crippen LogP contribution in [0.15, 0.2) is 65.6 Å². The number of aromatic amines is 1. The van der Waals surface area contributed by atoms with Gasteiger partial charge in [0, 0.05) is 11.6 Å². The van der Waals surface area contributed by atoms with Crippen LogP contribution < -0.4 is 5.56 Å². The summed E-state index contributed by atoms with van der Waals surface area (Å²) in [7, 11) is 0. The van der Waals surface area contributed by atoms with Gasteiger partial charge in [0.1, 0.15) is 0 Å². The molecule has 0 radical (unpaired) electrons. The normalized spacial score (nSPS) is 10.6. The highest BCUT2D eigenvalue weighted by Crippen LogP contribution is 2.22. The molecule has 3 aromatic rings. The van der Waals surface area contributed by atoms with Gasteiger partial charge in [-0.3, -0.25) is 4.79 Å². The van der Waals surface area contributed by atoms with Gasteiger partial charge in [0.05, 0.1) is 0 Å². The van der Waals surface area contributed by atoms with Crippen LogP contribution in [0.3, 0.4) is 0 Å².